The van der Waals surface area contributed by atoms with Crippen molar-refractivity contribution in [3.63, 3.8) is 0 Å². The van der Waals surface area contributed by atoms with E-state index in [1.165, 1.54) is 0 Å². The van der Waals surface area contributed by atoms with Gasteiger partial charge in [0.1, 0.15) is 19.9 Å². The number of imidazole rings is 1. The lowest BCUT2D eigenvalue weighted by Gasteiger charge is -2.28. The Bertz CT molecular complexity index is 1600. The summed E-state index contributed by atoms with van der Waals surface area (Å²) in [6.45, 7) is 3.69. The Morgan fingerprint density at radius 2 is 2.03 bits per heavy atom. The zero-order valence-electron chi connectivity index (χ0n) is 20.5. The van der Waals surface area contributed by atoms with Gasteiger partial charge in [0.25, 0.3) is 5.91 Å². The molecule has 4 aromatic rings. The van der Waals surface area contributed by atoms with Gasteiger partial charge < -0.3 is 20.1 Å². The molecule has 1 aliphatic carbocycles. The van der Waals surface area contributed by atoms with E-state index in [1.807, 2.05) is 35.7 Å². The van der Waals surface area contributed by atoms with Crippen molar-refractivity contribution in [2.75, 3.05) is 18.5 Å². The number of benzene rings is 1. The van der Waals surface area contributed by atoms with Crippen LogP contribution >= 0.6 is 0 Å². The first kappa shape index (κ1) is 22.3. The first-order valence-electron chi connectivity index (χ1n) is 12.5. The van der Waals surface area contributed by atoms with E-state index >= 15 is 0 Å². The summed E-state index contributed by atoms with van der Waals surface area (Å²) in [5, 5.41) is 14.0. The van der Waals surface area contributed by atoms with Crippen LogP contribution in [0.25, 0.3) is 16.6 Å². The van der Waals surface area contributed by atoms with Crippen LogP contribution < -0.4 is 15.5 Å². The zero-order valence-corrected chi connectivity index (χ0v) is 20.5. The summed E-state index contributed by atoms with van der Waals surface area (Å²) in [5.74, 6) is 1.22. The number of fused-ring (bicyclic) bond motifs is 3. The summed E-state index contributed by atoms with van der Waals surface area (Å²) in [6.07, 6.45) is 7.44. The molecule has 0 unspecified atom stereocenters. The third-order valence-electron chi connectivity index (χ3n) is 7.60. The number of aryl methyl sites for hydroxylation is 1. The molecule has 2 radical (unpaired) electrons. The molecule has 1 fully saturated rings. The van der Waals surface area contributed by atoms with Crippen LogP contribution in [0.1, 0.15) is 45.7 Å². The molecular formula is C27H25BN6O3. The Hall–Kier alpha value is -3.92. The number of carbonyl (C=O) groups is 1. The van der Waals surface area contributed by atoms with E-state index in [4.69, 9.17) is 17.6 Å². The number of hydrogen-bond donors (Lipinski definition) is 2. The maximum absolute atomic E-state index is 13.8. The minimum Gasteiger partial charge on any atom is -0.493 e. The van der Waals surface area contributed by atoms with Crippen molar-refractivity contribution in [1.29, 1.82) is 0 Å². The molecule has 1 saturated carbocycles. The summed E-state index contributed by atoms with van der Waals surface area (Å²) in [6, 6.07) is 5.77. The fourth-order valence-corrected chi connectivity index (χ4v) is 5.44. The van der Waals surface area contributed by atoms with Gasteiger partial charge in [-0.05, 0) is 43.0 Å². The molecule has 1 aromatic carbocycles. The molecule has 1 amide bonds. The second-order valence-corrected chi connectivity index (χ2v) is 10.2. The molecule has 3 aliphatic rings. The monoisotopic (exact) mass is 492 g/mol. The van der Waals surface area contributed by atoms with Crippen LogP contribution in [0.2, 0.25) is 0 Å². The number of aliphatic hydroxyl groups is 1. The SMILES string of the molecule is [B]c1ccc2c(c1CNc1ncc3c4c(ncn14)C(=O)N(CC1(O)CC1)Cc1cc(C)ncc1-3)CCO2. The van der Waals surface area contributed by atoms with E-state index in [9.17, 15) is 9.90 Å². The van der Waals surface area contributed by atoms with Crippen molar-refractivity contribution in [2.24, 2.45) is 0 Å². The minimum absolute atomic E-state index is 0.205. The molecule has 5 heterocycles. The highest BCUT2D eigenvalue weighted by atomic mass is 16.5. The van der Waals surface area contributed by atoms with Gasteiger partial charge in [-0.3, -0.25) is 14.2 Å². The number of pyridine rings is 1. The van der Waals surface area contributed by atoms with E-state index in [2.05, 4.69) is 15.3 Å². The maximum atomic E-state index is 13.8. The van der Waals surface area contributed by atoms with Crippen molar-refractivity contribution in [2.45, 2.75) is 44.9 Å². The highest BCUT2D eigenvalue weighted by Crippen LogP contribution is 2.39. The lowest BCUT2D eigenvalue weighted by molar-refractivity contribution is 0.0545. The molecule has 0 spiro atoms. The normalized spacial score (nSPS) is 17.1. The number of anilines is 1. The van der Waals surface area contributed by atoms with Crippen LogP contribution in [-0.4, -0.2) is 61.9 Å². The highest BCUT2D eigenvalue weighted by molar-refractivity contribution is 6.33. The van der Waals surface area contributed by atoms with Gasteiger partial charge in [0.15, 0.2) is 5.69 Å². The first-order chi connectivity index (χ1) is 17.9. The number of ether oxygens (including phenoxy) is 1. The summed E-state index contributed by atoms with van der Waals surface area (Å²) >= 11 is 0. The van der Waals surface area contributed by atoms with Gasteiger partial charge >= 0.3 is 0 Å². The third kappa shape index (κ3) is 3.66. The van der Waals surface area contributed by atoms with Gasteiger partial charge in [0.2, 0.25) is 5.95 Å². The Morgan fingerprint density at radius 1 is 1.19 bits per heavy atom. The summed E-state index contributed by atoms with van der Waals surface area (Å²) < 4.78 is 7.52. The van der Waals surface area contributed by atoms with E-state index in [1.54, 1.807) is 17.4 Å². The lowest BCUT2D eigenvalue weighted by atomic mass is 9.87. The molecule has 184 valence electrons. The van der Waals surface area contributed by atoms with Crippen LogP contribution in [0, 0.1) is 6.92 Å². The molecular weight excluding hydrogens is 467 g/mol. The van der Waals surface area contributed by atoms with Crippen molar-refractivity contribution >= 4 is 30.7 Å². The molecule has 0 saturated heterocycles. The molecule has 37 heavy (non-hydrogen) atoms. The molecule has 3 aromatic heterocycles. The van der Waals surface area contributed by atoms with Gasteiger partial charge in [0.05, 0.1) is 24.3 Å². The molecule has 0 bridgehead atoms. The number of rotatable bonds is 5. The predicted octanol–water partition coefficient (Wildman–Crippen LogP) is 1.92. The summed E-state index contributed by atoms with van der Waals surface area (Å²) in [7, 11) is 6.31. The Balaban J connectivity index is 1.33. The average Bonchev–Trinajstić information content (AvgIpc) is 3.25. The first-order valence-corrected chi connectivity index (χ1v) is 12.5. The lowest BCUT2D eigenvalue weighted by Crippen LogP contribution is -2.39. The molecule has 2 aliphatic heterocycles. The van der Waals surface area contributed by atoms with Crippen molar-refractivity contribution in [1.82, 2.24) is 24.3 Å². The summed E-state index contributed by atoms with van der Waals surface area (Å²) in [5.41, 5.74) is 6.51. The largest absolute Gasteiger partial charge is 0.493 e. The van der Waals surface area contributed by atoms with Crippen molar-refractivity contribution in [3.8, 4) is 16.9 Å². The topological polar surface area (TPSA) is 105 Å². The second kappa shape index (κ2) is 8.04. The molecule has 2 N–H and O–H groups in total. The molecule has 10 heteroatoms. The van der Waals surface area contributed by atoms with Crippen LogP contribution in [0.4, 0.5) is 5.95 Å². The molecule has 0 atom stereocenters. The number of β-amino-alcohol motifs (C(OH)–C–C–N with tert-alkyl or cyclic N) is 1. The van der Waals surface area contributed by atoms with Gasteiger partial charge in [-0.25, -0.2) is 9.97 Å². The number of amides is 1. The van der Waals surface area contributed by atoms with Crippen molar-refractivity contribution < 1.29 is 14.6 Å². The van der Waals surface area contributed by atoms with Gasteiger partial charge in [-0.2, -0.15) is 0 Å². The number of carbonyl (C=O) groups excluding carboxylic acids is 1. The van der Waals surface area contributed by atoms with Gasteiger partial charge in [-0.15, -0.1) is 0 Å². The quantitative estimate of drug-likeness (QED) is 0.411. The fourth-order valence-electron chi connectivity index (χ4n) is 5.44. The van der Waals surface area contributed by atoms with E-state index in [0.29, 0.717) is 55.2 Å². The zero-order chi connectivity index (χ0) is 25.3. The van der Waals surface area contributed by atoms with Gasteiger partial charge in [0, 0.05) is 54.3 Å². The average molecular weight is 492 g/mol. The van der Waals surface area contributed by atoms with E-state index < -0.39 is 5.60 Å². The van der Waals surface area contributed by atoms with Crippen LogP contribution in [-0.2, 0) is 19.5 Å². The van der Waals surface area contributed by atoms with E-state index in [0.717, 1.165) is 45.7 Å². The second-order valence-electron chi connectivity index (χ2n) is 10.2. The number of hydrogen-bond acceptors (Lipinski definition) is 7. The van der Waals surface area contributed by atoms with Crippen molar-refractivity contribution in [3.05, 3.63) is 65.0 Å². The van der Waals surface area contributed by atoms with Crippen LogP contribution in [0.5, 0.6) is 5.75 Å². The Morgan fingerprint density at radius 3 is 2.86 bits per heavy atom. The molecule has 9 nitrogen and oxygen atoms in total. The fraction of sp³-hybridized carbons (Fsp3) is 0.333. The van der Waals surface area contributed by atoms with Gasteiger partial charge in [-0.1, -0.05) is 11.5 Å². The molecule has 7 rings (SSSR count). The standard InChI is InChI=1S/C27H25BN6O3/c1-15-8-16-12-33(13-27(36)5-6-27)25(35)23-24-20(18(16)9-29-15)11-31-26(34(24)14-32-23)30-10-19-17-4-7-37-22(17)3-2-21(19)28/h2-3,8-9,11,14,36H,4-7,10,12-13H2,1H3,(H,30,31). The highest BCUT2D eigenvalue weighted by Gasteiger charge is 2.44. The third-order valence-corrected chi connectivity index (χ3v) is 7.60. The van der Waals surface area contributed by atoms with E-state index in [-0.39, 0.29) is 12.5 Å². The number of nitrogens with one attached hydrogen (secondary N) is 1. The number of nitrogens with zero attached hydrogens (tertiary/aromatic N) is 5. The maximum Gasteiger partial charge on any atom is 0.275 e. The summed E-state index contributed by atoms with van der Waals surface area (Å²) in [4.78, 5) is 29.2. The smallest absolute Gasteiger partial charge is 0.275 e. The Kier molecular flexibility index (Phi) is 4.85. The van der Waals surface area contributed by atoms with Crippen LogP contribution in [0.15, 0.2) is 36.9 Å². The minimum atomic E-state index is -0.816. The predicted molar refractivity (Wildman–Crippen MR) is 138 cm³/mol. The number of aromatic nitrogens is 4. The Labute approximate surface area is 214 Å². The van der Waals surface area contributed by atoms with Crippen LogP contribution in [0.3, 0.4) is 0 Å².